The van der Waals surface area contributed by atoms with Gasteiger partial charge in [0.15, 0.2) is 0 Å². The molecule has 0 radical (unpaired) electrons. The van der Waals surface area contributed by atoms with E-state index < -0.39 is 17.3 Å². The quantitative estimate of drug-likeness (QED) is 0.523. The lowest BCUT2D eigenvalue weighted by Gasteiger charge is -2.12. The van der Waals surface area contributed by atoms with Gasteiger partial charge in [0.05, 0.1) is 28.6 Å². The molecule has 2 aromatic carbocycles. The third-order valence-corrected chi connectivity index (χ3v) is 4.49. The number of nitrogens with zero attached hydrogens (tertiary/aromatic N) is 5. The number of rotatable bonds is 4. The van der Waals surface area contributed by atoms with Gasteiger partial charge in [-0.05, 0) is 36.4 Å². The van der Waals surface area contributed by atoms with Gasteiger partial charge in [0.2, 0.25) is 5.91 Å². The van der Waals surface area contributed by atoms with E-state index in [-0.39, 0.29) is 11.9 Å². The van der Waals surface area contributed by atoms with Crippen LogP contribution in [0.2, 0.25) is 0 Å². The van der Waals surface area contributed by atoms with Crippen LogP contribution in [0.3, 0.4) is 0 Å². The van der Waals surface area contributed by atoms with Crippen LogP contribution in [0.25, 0.3) is 16.6 Å². The first-order valence-electron chi connectivity index (χ1n) is 8.10. The van der Waals surface area contributed by atoms with Gasteiger partial charge in [0.1, 0.15) is 25.0 Å². The van der Waals surface area contributed by atoms with E-state index in [1.807, 2.05) is 0 Å². The van der Waals surface area contributed by atoms with Gasteiger partial charge >= 0.3 is 0 Å². The summed E-state index contributed by atoms with van der Waals surface area (Å²) in [7, 11) is 0. The van der Waals surface area contributed by atoms with Crippen LogP contribution < -0.4 is 10.9 Å². The Morgan fingerprint density at radius 3 is 2.82 bits per heavy atom. The summed E-state index contributed by atoms with van der Waals surface area (Å²) in [6.07, 6.45) is 4.15. The molecule has 0 aliphatic rings. The Hall–Kier alpha value is -3.40. The summed E-state index contributed by atoms with van der Waals surface area (Å²) in [5, 5.41) is 6.93. The van der Waals surface area contributed by atoms with Crippen LogP contribution in [0.4, 0.5) is 10.1 Å². The monoisotopic (exact) mass is 442 g/mol. The molecule has 28 heavy (non-hydrogen) atoms. The first-order valence-corrected chi connectivity index (χ1v) is 8.90. The molecule has 10 heteroatoms. The van der Waals surface area contributed by atoms with E-state index in [9.17, 15) is 14.0 Å². The van der Waals surface area contributed by atoms with Crippen LogP contribution in [-0.4, -0.2) is 30.2 Å². The molecule has 140 valence electrons. The lowest BCUT2D eigenvalue weighted by Crippen LogP contribution is -2.28. The number of benzene rings is 2. The molecule has 0 saturated carbocycles. The molecule has 0 unspecified atom stereocenters. The molecule has 0 atom stereocenters. The van der Waals surface area contributed by atoms with Gasteiger partial charge < -0.3 is 5.32 Å². The van der Waals surface area contributed by atoms with E-state index >= 15 is 0 Å². The predicted molar refractivity (Wildman–Crippen MR) is 104 cm³/mol. The third-order valence-electron chi connectivity index (χ3n) is 4.00. The summed E-state index contributed by atoms with van der Waals surface area (Å²) in [6, 6.07) is 9.04. The molecule has 0 saturated heterocycles. The molecule has 1 amide bonds. The second kappa shape index (κ2) is 7.31. The minimum absolute atomic E-state index is 0.112. The van der Waals surface area contributed by atoms with E-state index in [4.69, 9.17) is 0 Å². The molecule has 4 rings (SSSR count). The minimum Gasteiger partial charge on any atom is -0.323 e. The molecule has 4 aromatic rings. The van der Waals surface area contributed by atoms with Crippen LogP contribution in [0, 0.1) is 5.82 Å². The second-order valence-electron chi connectivity index (χ2n) is 5.89. The number of hydrogen-bond donors (Lipinski definition) is 1. The number of halogens is 2. The molecule has 1 N–H and O–H groups in total. The Labute approximate surface area is 165 Å². The van der Waals surface area contributed by atoms with E-state index in [2.05, 4.69) is 36.3 Å². The maximum absolute atomic E-state index is 13.4. The van der Waals surface area contributed by atoms with Crippen molar-refractivity contribution in [3.63, 3.8) is 0 Å². The van der Waals surface area contributed by atoms with E-state index in [1.54, 1.807) is 18.2 Å². The van der Waals surface area contributed by atoms with Crippen LogP contribution in [0.5, 0.6) is 0 Å². The van der Waals surface area contributed by atoms with Crippen molar-refractivity contribution < 1.29 is 9.18 Å². The Morgan fingerprint density at radius 1 is 1.18 bits per heavy atom. The number of aromatic nitrogens is 5. The Morgan fingerprint density at radius 2 is 2.04 bits per heavy atom. The first-order chi connectivity index (χ1) is 13.5. The zero-order valence-corrected chi connectivity index (χ0v) is 15.8. The summed E-state index contributed by atoms with van der Waals surface area (Å²) in [4.78, 5) is 33.1. The SMILES string of the molecule is O=C(Cn1cnc2ccc(F)cc2c1=O)Nc1cc(Br)ccc1-n1cncn1. The zero-order chi connectivity index (χ0) is 19.7. The topological polar surface area (TPSA) is 94.7 Å². The molecule has 2 heterocycles. The van der Waals surface area contributed by atoms with Crippen molar-refractivity contribution in [3.8, 4) is 5.69 Å². The fourth-order valence-electron chi connectivity index (χ4n) is 2.73. The highest BCUT2D eigenvalue weighted by Crippen LogP contribution is 2.24. The highest BCUT2D eigenvalue weighted by atomic mass is 79.9. The van der Waals surface area contributed by atoms with Gasteiger partial charge in [0.25, 0.3) is 5.56 Å². The Balaban J connectivity index is 1.62. The summed E-state index contributed by atoms with van der Waals surface area (Å²) < 4.78 is 16.8. The molecule has 0 spiro atoms. The molecule has 0 bridgehead atoms. The van der Waals surface area contributed by atoms with E-state index in [1.165, 1.54) is 35.8 Å². The number of amides is 1. The number of carbonyl (C=O) groups excluding carboxylic acids is 1. The van der Waals surface area contributed by atoms with Crippen LogP contribution >= 0.6 is 15.9 Å². The van der Waals surface area contributed by atoms with Crippen LogP contribution in [0.15, 0.2) is 64.6 Å². The molecule has 8 nitrogen and oxygen atoms in total. The van der Waals surface area contributed by atoms with Gasteiger partial charge in [-0.25, -0.2) is 19.0 Å². The number of hydrogen-bond acceptors (Lipinski definition) is 5. The standard InChI is InChI=1S/C18H12BrFN6O2/c19-11-1-4-16(26-9-21-8-23-26)15(5-11)24-17(27)7-25-10-22-14-3-2-12(20)6-13(14)18(25)28/h1-6,8-10H,7H2,(H,24,27). The fraction of sp³-hybridized carbons (Fsp3) is 0.0556. The normalized spacial score (nSPS) is 10.9. The highest BCUT2D eigenvalue weighted by molar-refractivity contribution is 9.10. The number of anilines is 1. The predicted octanol–water partition coefficient (Wildman–Crippen LogP) is 2.52. The lowest BCUT2D eigenvalue weighted by atomic mass is 10.2. The summed E-state index contributed by atoms with van der Waals surface area (Å²) >= 11 is 3.36. The van der Waals surface area contributed by atoms with Gasteiger partial charge in [-0.1, -0.05) is 15.9 Å². The zero-order valence-electron chi connectivity index (χ0n) is 14.2. The summed E-state index contributed by atoms with van der Waals surface area (Å²) in [6.45, 7) is -0.276. The molecular formula is C18H12BrFN6O2. The summed E-state index contributed by atoms with van der Waals surface area (Å²) in [5.41, 5.74) is 0.965. The molecule has 0 aliphatic carbocycles. The number of nitrogens with one attached hydrogen (secondary N) is 1. The van der Waals surface area contributed by atoms with E-state index in [0.717, 1.165) is 15.1 Å². The minimum atomic E-state index is -0.541. The van der Waals surface area contributed by atoms with Crippen LogP contribution in [-0.2, 0) is 11.3 Å². The Kier molecular flexibility index (Phi) is 4.70. The van der Waals surface area contributed by atoms with Crippen molar-refractivity contribution >= 4 is 38.4 Å². The first kappa shape index (κ1) is 18.0. The van der Waals surface area contributed by atoms with Crippen molar-refractivity contribution in [1.82, 2.24) is 24.3 Å². The number of fused-ring (bicyclic) bond motifs is 1. The molecule has 2 aromatic heterocycles. The molecule has 0 aliphatic heterocycles. The highest BCUT2D eigenvalue weighted by Gasteiger charge is 2.13. The molecule has 0 fully saturated rings. The smallest absolute Gasteiger partial charge is 0.261 e. The molecular weight excluding hydrogens is 431 g/mol. The van der Waals surface area contributed by atoms with Crippen molar-refractivity contribution in [1.29, 1.82) is 0 Å². The maximum atomic E-state index is 13.4. The third kappa shape index (κ3) is 3.54. The van der Waals surface area contributed by atoms with Crippen LogP contribution in [0.1, 0.15) is 0 Å². The lowest BCUT2D eigenvalue weighted by molar-refractivity contribution is -0.116. The van der Waals surface area contributed by atoms with Gasteiger partial charge in [0, 0.05) is 4.47 Å². The summed E-state index contributed by atoms with van der Waals surface area (Å²) in [5.74, 6) is -0.987. The van der Waals surface area contributed by atoms with E-state index in [0.29, 0.717) is 16.9 Å². The average Bonchev–Trinajstić information content (AvgIpc) is 3.19. The van der Waals surface area contributed by atoms with Crippen molar-refractivity contribution in [2.24, 2.45) is 0 Å². The largest absolute Gasteiger partial charge is 0.323 e. The Bertz CT molecular complexity index is 1240. The van der Waals surface area contributed by atoms with Crippen molar-refractivity contribution in [3.05, 3.63) is 76.0 Å². The van der Waals surface area contributed by atoms with Crippen molar-refractivity contribution in [2.45, 2.75) is 6.54 Å². The average molecular weight is 443 g/mol. The number of carbonyl (C=O) groups is 1. The second-order valence-corrected chi connectivity index (χ2v) is 6.80. The maximum Gasteiger partial charge on any atom is 0.261 e. The fourth-order valence-corrected chi connectivity index (χ4v) is 3.09. The van der Waals surface area contributed by atoms with Gasteiger partial charge in [-0.2, -0.15) is 5.10 Å². The van der Waals surface area contributed by atoms with Gasteiger partial charge in [-0.15, -0.1) is 0 Å². The van der Waals surface area contributed by atoms with Crippen molar-refractivity contribution in [2.75, 3.05) is 5.32 Å². The van der Waals surface area contributed by atoms with Gasteiger partial charge in [-0.3, -0.25) is 14.2 Å².